The molecule has 0 radical (unpaired) electrons. The van der Waals surface area contributed by atoms with Gasteiger partial charge in [-0.05, 0) is 35.5 Å². The second kappa shape index (κ2) is 6.80. The van der Waals surface area contributed by atoms with Gasteiger partial charge in [-0.25, -0.2) is 8.78 Å². The summed E-state index contributed by atoms with van der Waals surface area (Å²) in [5.41, 5.74) is -0.0306. The van der Waals surface area contributed by atoms with Crippen molar-refractivity contribution in [3.8, 4) is 0 Å². The number of hydrogen-bond acceptors (Lipinski definition) is 2. The number of halogens is 3. The second-order valence-corrected chi connectivity index (χ2v) is 4.81. The zero-order valence-corrected chi connectivity index (χ0v) is 11.8. The van der Waals surface area contributed by atoms with E-state index in [0.717, 1.165) is 12.6 Å². The van der Waals surface area contributed by atoms with Crippen LogP contribution in [0.2, 0.25) is 0 Å². The molecule has 0 fully saturated rings. The molecule has 1 amide bonds. The molecular formula is C12H15BrF2N2O. The minimum atomic E-state index is -0.792. The van der Waals surface area contributed by atoms with E-state index in [1.54, 1.807) is 0 Å². The third kappa shape index (κ3) is 4.34. The summed E-state index contributed by atoms with van der Waals surface area (Å²) in [6, 6.07) is 1.94. The number of amides is 1. The number of carbonyl (C=O) groups excluding carboxylic acids is 1. The van der Waals surface area contributed by atoms with Crippen LogP contribution in [0.5, 0.6) is 0 Å². The largest absolute Gasteiger partial charge is 0.324 e. The van der Waals surface area contributed by atoms with E-state index < -0.39 is 11.6 Å². The van der Waals surface area contributed by atoms with Crippen molar-refractivity contribution < 1.29 is 13.6 Å². The first-order valence-electron chi connectivity index (χ1n) is 5.61. The molecule has 1 aromatic carbocycles. The molecular weight excluding hydrogens is 306 g/mol. The molecule has 1 unspecified atom stereocenters. The van der Waals surface area contributed by atoms with E-state index in [1.165, 1.54) is 6.07 Å². The van der Waals surface area contributed by atoms with Crippen LogP contribution in [-0.4, -0.2) is 18.5 Å². The lowest BCUT2D eigenvalue weighted by atomic mass is 10.2. The smallest absolute Gasteiger partial charge is 0.226 e. The highest BCUT2D eigenvalue weighted by Gasteiger charge is 2.13. The maximum atomic E-state index is 13.4. The third-order valence-corrected chi connectivity index (χ3v) is 2.94. The molecule has 0 saturated carbocycles. The number of hydrogen-bond donors (Lipinski definition) is 2. The molecule has 3 nitrogen and oxygen atoms in total. The number of rotatable bonds is 5. The average Bonchev–Trinajstić information content (AvgIpc) is 2.26. The summed E-state index contributed by atoms with van der Waals surface area (Å²) >= 11 is 2.94. The zero-order valence-electron chi connectivity index (χ0n) is 10.2. The topological polar surface area (TPSA) is 41.1 Å². The van der Waals surface area contributed by atoms with Gasteiger partial charge in [-0.15, -0.1) is 0 Å². The van der Waals surface area contributed by atoms with Crippen LogP contribution in [0, 0.1) is 11.6 Å². The maximum absolute atomic E-state index is 13.4. The van der Waals surface area contributed by atoms with Crippen LogP contribution in [0.4, 0.5) is 14.5 Å². The van der Waals surface area contributed by atoms with Crippen LogP contribution < -0.4 is 10.6 Å². The summed E-state index contributed by atoms with van der Waals surface area (Å²) in [5.74, 6) is -1.81. The molecule has 1 rings (SSSR count). The Labute approximate surface area is 113 Å². The molecule has 6 heteroatoms. The second-order valence-electron chi connectivity index (χ2n) is 3.96. The number of anilines is 1. The van der Waals surface area contributed by atoms with Crippen LogP contribution in [0.15, 0.2) is 16.6 Å². The predicted molar refractivity (Wildman–Crippen MR) is 70.4 cm³/mol. The van der Waals surface area contributed by atoms with Crippen molar-refractivity contribution >= 4 is 27.5 Å². The van der Waals surface area contributed by atoms with E-state index in [0.29, 0.717) is 0 Å². The van der Waals surface area contributed by atoms with Gasteiger partial charge in [-0.3, -0.25) is 4.79 Å². The van der Waals surface area contributed by atoms with Crippen molar-refractivity contribution in [1.82, 2.24) is 5.32 Å². The van der Waals surface area contributed by atoms with Gasteiger partial charge >= 0.3 is 0 Å². The fourth-order valence-corrected chi connectivity index (χ4v) is 1.86. The molecule has 0 aliphatic rings. The monoisotopic (exact) mass is 320 g/mol. The van der Waals surface area contributed by atoms with E-state index in [4.69, 9.17) is 0 Å². The summed E-state index contributed by atoms with van der Waals surface area (Å²) < 4.78 is 26.5. The highest BCUT2D eigenvalue weighted by atomic mass is 79.9. The number of carbonyl (C=O) groups is 1. The van der Waals surface area contributed by atoms with E-state index in [2.05, 4.69) is 26.6 Å². The standard InChI is InChI=1S/C12H15BrF2N2O/c1-3-16-7(2)4-12(18)17-11-5-8(13)9(14)6-10(11)15/h5-7,16H,3-4H2,1-2H3,(H,17,18). The molecule has 0 aromatic heterocycles. The summed E-state index contributed by atoms with van der Waals surface area (Å²) in [6.45, 7) is 4.55. The Morgan fingerprint density at radius 2 is 2.06 bits per heavy atom. The molecule has 18 heavy (non-hydrogen) atoms. The van der Waals surface area contributed by atoms with Crippen LogP contribution in [0.25, 0.3) is 0 Å². The van der Waals surface area contributed by atoms with Gasteiger partial charge in [0.05, 0.1) is 10.2 Å². The molecule has 0 aliphatic heterocycles. The Morgan fingerprint density at radius 3 is 2.67 bits per heavy atom. The van der Waals surface area contributed by atoms with Gasteiger partial charge in [-0.2, -0.15) is 0 Å². The van der Waals surface area contributed by atoms with E-state index in [9.17, 15) is 13.6 Å². The fraction of sp³-hybridized carbons (Fsp3) is 0.417. The first-order valence-corrected chi connectivity index (χ1v) is 6.41. The molecule has 2 N–H and O–H groups in total. The van der Waals surface area contributed by atoms with E-state index in [-0.39, 0.29) is 28.5 Å². The van der Waals surface area contributed by atoms with Crippen molar-refractivity contribution in [3.05, 3.63) is 28.2 Å². The van der Waals surface area contributed by atoms with Crippen LogP contribution in [0.1, 0.15) is 20.3 Å². The summed E-state index contributed by atoms with van der Waals surface area (Å²) in [4.78, 5) is 11.6. The fourth-order valence-electron chi connectivity index (χ4n) is 1.52. The average molecular weight is 321 g/mol. The Balaban J connectivity index is 2.67. The van der Waals surface area contributed by atoms with Gasteiger partial charge in [0.2, 0.25) is 5.91 Å². The van der Waals surface area contributed by atoms with Gasteiger partial charge in [-0.1, -0.05) is 6.92 Å². The van der Waals surface area contributed by atoms with Gasteiger partial charge in [0.15, 0.2) is 0 Å². The maximum Gasteiger partial charge on any atom is 0.226 e. The molecule has 0 saturated heterocycles. The van der Waals surface area contributed by atoms with Gasteiger partial charge in [0, 0.05) is 18.5 Å². The predicted octanol–water partition coefficient (Wildman–Crippen LogP) is 3.05. The Hall–Kier alpha value is -1.01. The van der Waals surface area contributed by atoms with Crippen molar-refractivity contribution in [1.29, 1.82) is 0 Å². The minimum absolute atomic E-state index is 0.00181. The highest BCUT2D eigenvalue weighted by Crippen LogP contribution is 2.23. The summed E-state index contributed by atoms with van der Waals surface area (Å²) in [5, 5.41) is 5.49. The molecule has 1 aromatic rings. The molecule has 0 heterocycles. The zero-order chi connectivity index (χ0) is 13.7. The SMILES string of the molecule is CCNC(C)CC(=O)Nc1cc(Br)c(F)cc1F. The van der Waals surface area contributed by atoms with E-state index >= 15 is 0 Å². The number of nitrogens with one attached hydrogen (secondary N) is 2. The quantitative estimate of drug-likeness (QED) is 0.819. The third-order valence-electron chi connectivity index (χ3n) is 2.33. The molecule has 1 atom stereocenters. The molecule has 0 bridgehead atoms. The van der Waals surface area contributed by atoms with Crippen molar-refractivity contribution in [2.75, 3.05) is 11.9 Å². The highest BCUT2D eigenvalue weighted by molar-refractivity contribution is 9.10. The van der Waals surface area contributed by atoms with Crippen molar-refractivity contribution in [2.24, 2.45) is 0 Å². The van der Waals surface area contributed by atoms with Crippen LogP contribution in [-0.2, 0) is 4.79 Å². The van der Waals surface area contributed by atoms with Gasteiger partial charge in [0.1, 0.15) is 11.6 Å². The Morgan fingerprint density at radius 1 is 1.39 bits per heavy atom. The van der Waals surface area contributed by atoms with Gasteiger partial charge < -0.3 is 10.6 Å². The lowest BCUT2D eigenvalue weighted by Gasteiger charge is -2.12. The molecule has 100 valence electrons. The molecule has 0 spiro atoms. The normalized spacial score (nSPS) is 12.3. The summed E-state index contributed by atoms with van der Waals surface area (Å²) in [6.07, 6.45) is 0.224. The lowest BCUT2D eigenvalue weighted by Crippen LogP contribution is -2.30. The van der Waals surface area contributed by atoms with Crippen LogP contribution >= 0.6 is 15.9 Å². The first kappa shape index (κ1) is 15.0. The number of benzene rings is 1. The molecule has 0 aliphatic carbocycles. The minimum Gasteiger partial charge on any atom is -0.324 e. The lowest BCUT2D eigenvalue weighted by molar-refractivity contribution is -0.116. The van der Waals surface area contributed by atoms with Crippen molar-refractivity contribution in [2.45, 2.75) is 26.3 Å². The van der Waals surface area contributed by atoms with Crippen LogP contribution in [0.3, 0.4) is 0 Å². The van der Waals surface area contributed by atoms with E-state index in [1.807, 2.05) is 13.8 Å². The van der Waals surface area contributed by atoms with Crippen molar-refractivity contribution in [3.63, 3.8) is 0 Å². The van der Waals surface area contributed by atoms with Gasteiger partial charge in [0.25, 0.3) is 0 Å². The Kier molecular flexibility index (Phi) is 5.68. The summed E-state index contributed by atoms with van der Waals surface area (Å²) in [7, 11) is 0. The Bertz CT molecular complexity index is 440. The first-order chi connectivity index (χ1) is 8.43.